The fourth-order valence-corrected chi connectivity index (χ4v) is 1.87. The van der Waals surface area contributed by atoms with Crippen LogP contribution in [0.15, 0.2) is 22.7 Å². The Morgan fingerprint density at radius 2 is 2.24 bits per heavy atom. The zero-order chi connectivity index (χ0) is 12.4. The summed E-state index contributed by atoms with van der Waals surface area (Å²) in [5.41, 5.74) is 0.285. The number of aliphatic hydroxyl groups excluding tert-OH is 1. The molecule has 0 amide bonds. The van der Waals surface area contributed by atoms with Crippen LogP contribution >= 0.6 is 15.9 Å². The van der Waals surface area contributed by atoms with Crippen molar-refractivity contribution in [3.8, 4) is 5.75 Å². The lowest BCUT2D eigenvalue weighted by Gasteiger charge is -2.13. The minimum atomic E-state index is -1.55. The normalized spacial score (nSPS) is 16.6. The molecule has 0 bridgehead atoms. The fraction of sp³-hybridized carbons (Fsp3) is 0.417. The van der Waals surface area contributed by atoms with Crippen LogP contribution in [0.4, 0.5) is 0 Å². The number of aliphatic hydroxyl groups is 1. The first-order valence-corrected chi connectivity index (χ1v) is 6.20. The van der Waals surface area contributed by atoms with Gasteiger partial charge in [0, 0.05) is 10.0 Å². The number of halogens is 1. The number of benzene rings is 1. The molecule has 1 aliphatic carbocycles. The smallest absolute Gasteiger partial charge is 0.337 e. The third-order valence-electron chi connectivity index (χ3n) is 2.67. The third-order valence-corrected chi connectivity index (χ3v) is 3.17. The summed E-state index contributed by atoms with van der Waals surface area (Å²) < 4.78 is 6.26. The SMILES string of the molecule is O=C(O)C(O)c1cc(Br)ccc1OCC1CC1. The lowest BCUT2D eigenvalue weighted by Crippen LogP contribution is -2.13. The van der Waals surface area contributed by atoms with Crippen molar-refractivity contribution in [3.63, 3.8) is 0 Å². The van der Waals surface area contributed by atoms with E-state index in [0.717, 1.165) is 12.8 Å². The van der Waals surface area contributed by atoms with Gasteiger partial charge in [-0.05, 0) is 37.0 Å². The maximum absolute atomic E-state index is 10.8. The number of ether oxygens (including phenoxy) is 1. The number of rotatable bonds is 5. The van der Waals surface area contributed by atoms with E-state index in [9.17, 15) is 9.90 Å². The summed E-state index contributed by atoms with van der Waals surface area (Å²) in [6.45, 7) is 0.584. The van der Waals surface area contributed by atoms with Gasteiger partial charge in [-0.15, -0.1) is 0 Å². The van der Waals surface area contributed by atoms with Crippen LogP contribution in [-0.4, -0.2) is 22.8 Å². The van der Waals surface area contributed by atoms with Gasteiger partial charge in [-0.25, -0.2) is 4.79 Å². The van der Waals surface area contributed by atoms with Crippen molar-refractivity contribution < 1.29 is 19.7 Å². The van der Waals surface area contributed by atoms with Gasteiger partial charge < -0.3 is 14.9 Å². The highest BCUT2D eigenvalue weighted by Gasteiger charge is 2.25. The average molecular weight is 301 g/mol. The van der Waals surface area contributed by atoms with Gasteiger partial charge in [-0.3, -0.25) is 0 Å². The van der Waals surface area contributed by atoms with Crippen molar-refractivity contribution in [2.45, 2.75) is 18.9 Å². The Morgan fingerprint density at radius 1 is 1.53 bits per heavy atom. The largest absolute Gasteiger partial charge is 0.493 e. The quantitative estimate of drug-likeness (QED) is 0.876. The first-order valence-electron chi connectivity index (χ1n) is 5.41. The summed E-state index contributed by atoms with van der Waals surface area (Å²) >= 11 is 3.25. The van der Waals surface area contributed by atoms with E-state index in [0.29, 0.717) is 22.7 Å². The molecule has 1 unspecified atom stereocenters. The number of aliphatic carboxylic acids is 1. The van der Waals surface area contributed by atoms with Gasteiger partial charge in [0.25, 0.3) is 0 Å². The number of hydrogen-bond donors (Lipinski definition) is 2. The van der Waals surface area contributed by atoms with Crippen LogP contribution in [0.2, 0.25) is 0 Å². The molecular formula is C12H13BrO4. The van der Waals surface area contributed by atoms with Gasteiger partial charge in [-0.1, -0.05) is 15.9 Å². The first-order chi connectivity index (χ1) is 8.08. The van der Waals surface area contributed by atoms with Crippen LogP contribution in [0.3, 0.4) is 0 Å². The van der Waals surface area contributed by atoms with Crippen LogP contribution in [0.1, 0.15) is 24.5 Å². The summed E-state index contributed by atoms with van der Waals surface area (Å²) in [7, 11) is 0. The predicted octanol–water partition coefficient (Wildman–Crippen LogP) is 2.36. The van der Waals surface area contributed by atoms with Gasteiger partial charge >= 0.3 is 5.97 Å². The summed E-state index contributed by atoms with van der Waals surface area (Å²) in [5.74, 6) is -0.261. The second-order valence-corrected chi connectivity index (χ2v) is 5.09. The zero-order valence-electron chi connectivity index (χ0n) is 9.10. The van der Waals surface area contributed by atoms with Crippen molar-refractivity contribution in [2.24, 2.45) is 5.92 Å². The van der Waals surface area contributed by atoms with Gasteiger partial charge in [0.15, 0.2) is 6.10 Å². The highest BCUT2D eigenvalue weighted by Crippen LogP contribution is 2.33. The molecule has 4 nitrogen and oxygen atoms in total. The topological polar surface area (TPSA) is 66.8 Å². The number of carbonyl (C=O) groups is 1. The van der Waals surface area contributed by atoms with Crippen LogP contribution in [0.25, 0.3) is 0 Å². The fourth-order valence-electron chi connectivity index (χ4n) is 1.49. The van der Waals surface area contributed by atoms with E-state index in [4.69, 9.17) is 9.84 Å². The Bertz CT molecular complexity index is 429. The summed E-state index contributed by atoms with van der Waals surface area (Å²) in [6, 6.07) is 5.01. The lowest BCUT2D eigenvalue weighted by atomic mass is 10.1. The van der Waals surface area contributed by atoms with Gasteiger partial charge in [0.1, 0.15) is 5.75 Å². The van der Waals surface area contributed by atoms with E-state index >= 15 is 0 Å². The molecule has 0 saturated heterocycles. The van der Waals surface area contributed by atoms with E-state index in [1.807, 2.05) is 0 Å². The van der Waals surface area contributed by atoms with Crippen LogP contribution in [0.5, 0.6) is 5.75 Å². The van der Waals surface area contributed by atoms with Gasteiger partial charge in [0.2, 0.25) is 0 Å². The molecule has 92 valence electrons. The lowest BCUT2D eigenvalue weighted by molar-refractivity contribution is -0.147. The molecular weight excluding hydrogens is 288 g/mol. The molecule has 0 aliphatic heterocycles. The Labute approximate surface area is 107 Å². The third kappa shape index (κ3) is 3.20. The van der Waals surface area contributed by atoms with Crippen molar-refractivity contribution in [1.82, 2.24) is 0 Å². The Balaban J connectivity index is 2.19. The maximum Gasteiger partial charge on any atom is 0.337 e. The summed E-state index contributed by atoms with van der Waals surface area (Å²) in [4.78, 5) is 10.8. The highest BCUT2D eigenvalue weighted by molar-refractivity contribution is 9.10. The Morgan fingerprint density at radius 3 is 2.82 bits per heavy atom. The van der Waals surface area contributed by atoms with Crippen LogP contribution in [-0.2, 0) is 4.79 Å². The molecule has 0 aromatic heterocycles. The van der Waals surface area contributed by atoms with Crippen molar-refractivity contribution in [1.29, 1.82) is 0 Å². The molecule has 5 heteroatoms. The van der Waals surface area contributed by atoms with E-state index in [2.05, 4.69) is 15.9 Å². The molecule has 2 rings (SSSR count). The zero-order valence-corrected chi connectivity index (χ0v) is 10.7. The predicted molar refractivity (Wildman–Crippen MR) is 65.0 cm³/mol. The monoisotopic (exact) mass is 300 g/mol. The molecule has 1 atom stereocenters. The van der Waals surface area contributed by atoms with Crippen LogP contribution in [0, 0.1) is 5.92 Å². The highest BCUT2D eigenvalue weighted by atomic mass is 79.9. The average Bonchev–Trinajstić information content (AvgIpc) is 3.10. The molecule has 0 radical (unpaired) electrons. The summed E-state index contributed by atoms with van der Waals surface area (Å²) in [5, 5.41) is 18.4. The minimum absolute atomic E-state index is 0.285. The molecule has 1 aliphatic rings. The van der Waals surface area contributed by atoms with E-state index in [1.165, 1.54) is 0 Å². The second-order valence-electron chi connectivity index (χ2n) is 4.18. The standard InChI is InChI=1S/C12H13BrO4/c13-8-3-4-10(17-6-7-1-2-7)9(5-8)11(14)12(15)16/h3-5,7,11,14H,1-2,6H2,(H,15,16). The number of carboxylic acids is 1. The van der Waals surface area contributed by atoms with Gasteiger partial charge in [-0.2, -0.15) is 0 Å². The molecule has 1 fully saturated rings. The first kappa shape index (κ1) is 12.4. The van der Waals surface area contributed by atoms with Crippen LogP contribution < -0.4 is 4.74 Å². The Kier molecular flexibility index (Phi) is 3.69. The Hall–Kier alpha value is -1.07. The van der Waals surface area contributed by atoms with Crippen molar-refractivity contribution >= 4 is 21.9 Å². The molecule has 0 heterocycles. The number of carboxylic acid groups (broad SMARTS) is 1. The van der Waals surface area contributed by atoms with Gasteiger partial charge in [0.05, 0.1) is 6.61 Å². The maximum atomic E-state index is 10.8. The molecule has 1 saturated carbocycles. The molecule has 2 N–H and O–H groups in total. The molecule has 1 aromatic rings. The van der Waals surface area contributed by atoms with Crippen molar-refractivity contribution in [3.05, 3.63) is 28.2 Å². The molecule has 17 heavy (non-hydrogen) atoms. The minimum Gasteiger partial charge on any atom is -0.493 e. The van der Waals surface area contributed by atoms with Crippen molar-refractivity contribution in [2.75, 3.05) is 6.61 Å². The number of hydrogen-bond acceptors (Lipinski definition) is 3. The van der Waals surface area contributed by atoms with E-state index in [-0.39, 0.29) is 5.56 Å². The molecule has 1 aromatic carbocycles. The van der Waals surface area contributed by atoms with E-state index in [1.54, 1.807) is 18.2 Å². The summed E-state index contributed by atoms with van der Waals surface area (Å²) in [6.07, 6.45) is 0.766. The molecule has 0 spiro atoms. The van der Waals surface area contributed by atoms with E-state index < -0.39 is 12.1 Å². The second kappa shape index (κ2) is 5.06.